The minimum Gasteiger partial charge on any atom is -0.495 e. The van der Waals surface area contributed by atoms with Crippen LogP contribution in [0.4, 0.5) is 0 Å². The molecule has 3 nitrogen and oxygen atoms in total. The summed E-state index contributed by atoms with van der Waals surface area (Å²) in [4.78, 5) is 4.29. The lowest BCUT2D eigenvalue weighted by Crippen LogP contribution is -2.22. The average Bonchev–Trinajstić information content (AvgIpc) is 2.52. The van der Waals surface area contributed by atoms with Crippen LogP contribution >= 0.6 is 0 Å². The molecule has 1 aliphatic rings. The van der Waals surface area contributed by atoms with Crippen molar-refractivity contribution in [2.75, 3.05) is 13.7 Å². The molecule has 2 rings (SSSR count). The van der Waals surface area contributed by atoms with E-state index in [1.54, 1.807) is 13.3 Å². The van der Waals surface area contributed by atoms with Gasteiger partial charge in [0, 0.05) is 12.2 Å². The second kappa shape index (κ2) is 8.25. The molecule has 3 heteroatoms. The quantitative estimate of drug-likeness (QED) is 0.814. The molecule has 112 valence electrons. The van der Waals surface area contributed by atoms with Crippen LogP contribution in [0.25, 0.3) is 0 Å². The molecule has 0 aromatic carbocycles. The molecule has 1 N–H and O–H groups in total. The van der Waals surface area contributed by atoms with Crippen LogP contribution < -0.4 is 10.1 Å². The Labute approximate surface area is 123 Å². The molecule has 1 aromatic rings. The average molecular weight is 276 g/mol. The van der Waals surface area contributed by atoms with Crippen molar-refractivity contribution in [1.82, 2.24) is 10.3 Å². The number of ether oxygens (including phenoxy) is 1. The van der Waals surface area contributed by atoms with Gasteiger partial charge in [0.05, 0.1) is 13.3 Å². The molecular weight excluding hydrogens is 248 g/mol. The van der Waals surface area contributed by atoms with Gasteiger partial charge in [-0.3, -0.25) is 4.98 Å². The Hall–Kier alpha value is -1.09. The van der Waals surface area contributed by atoms with Crippen molar-refractivity contribution in [2.45, 2.75) is 57.9 Å². The van der Waals surface area contributed by atoms with E-state index in [4.69, 9.17) is 4.74 Å². The largest absolute Gasteiger partial charge is 0.495 e. The monoisotopic (exact) mass is 276 g/mol. The van der Waals surface area contributed by atoms with Crippen LogP contribution in [0.5, 0.6) is 5.75 Å². The summed E-state index contributed by atoms with van der Waals surface area (Å²) in [7, 11) is 1.70. The summed E-state index contributed by atoms with van der Waals surface area (Å²) in [5.41, 5.74) is 1.25. The summed E-state index contributed by atoms with van der Waals surface area (Å²) in [5, 5.41) is 3.59. The first-order valence-corrected chi connectivity index (χ1v) is 8.05. The molecule has 0 aliphatic heterocycles. The van der Waals surface area contributed by atoms with Gasteiger partial charge in [0.2, 0.25) is 0 Å². The van der Waals surface area contributed by atoms with Crippen molar-refractivity contribution in [1.29, 1.82) is 0 Å². The van der Waals surface area contributed by atoms with Crippen molar-refractivity contribution >= 4 is 0 Å². The smallest absolute Gasteiger partial charge is 0.137 e. The zero-order valence-corrected chi connectivity index (χ0v) is 12.9. The van der Waals surface area contributed by atoms with Crippen molar-refractivity contribution in [3.63, 3.8) is 0 Å². The summed E-state index contributed by atoms with van der Waals surface area (Å²) >= 11 is 0. The highest BCUT2D eigenvalue weighted by molar-refractivity contribution is 5.25. The van der Waals surface area contributed by atoms with E-state index in [1.165, 1.54) is 50.5 Å². The number of pyridine rings is 1. The Morgan fingerprint density at radius 1 is 1.30 bits per heavy atom. The Kier molecular flexibility index (Phi) is 6.31. The Balaban J connectivity index is 1.94. The van der Waals surface area contributed by atoms with E-state index >= 15 is 0 Å². The normalized spacial score (nSPS) is 17.9. The Bertz CT molecular complexity index is 388. The molecule has 1 saturated carbocycles. The number of hydrogen-bond acceptors (Lipinski definition) is 3. The number of nitrogens with zero attached hydrogens (tertiary/aromatic N) is 1. The van der Waals surface area contributed by atoms with Crippen LogP contribution in [-0.4, -0.2) is 18.6 Å². The van der Waals surface area contributed by atoms with Gasteiger partial charge in [-0.05, 0) is 36.9 Å². The van der Waals surface area contributed by atoms with Gasteiger partial charge in [-0.15, -0.1) is 0 Å². The summed E-state index contributed by atoms with van der Waals surface area (Å²) in [6.45, 7) is 3.16. The number of rotatable bonds is 7. The fourth-order valence-corrected chi connectivity index (χ4v) is 3.25. The Morgan fingerprint density at radius 2 is 2.10 bits per heavy atom. The summed E-state index contributed by atoms with van der Waals surface area (Å²) in [6, 6.07) is 2.52. The van der Waals surface area contributed by atoms with Crippen LogP contribution in [-0.2, 0) is 0 Å². The molecule has 1 aromatic heterocycles. The van der Waals surface area contributed by atoms with Crippen LogP contribution in [0.1, 0.15) is 63.5 Å². The third-order valence-electron chi connectivity index (χ3n) is 4.41. The number of methoxy groups -OCH3 is 1. The lowest BCUT2D eigenvalue weighted by Gasteiger charge is -2.25. The van der Waals surface area contributed by atoms with Gasteiger partial charge in [-0.2, -0.15) is 0 Å². The summed E-state index contributed by atoms with van der Waals surface area (Å²) in [6.07, 6.45) is 13.4. The van der Waals surface area contributed by atoms with E-state index in [1.807, 2.05) is 6.20 Å². The summed E-state index contributed by atoms with van der Waals surface area (Å²) in [5.74, 6) is 1.78. The second-order valence-corrected chi connectivity index (χ2v) is 5.85. The molecule has 0 bridgehead atoms. The fraction of sp³-hybridized carbons (Fsp3) is 0.706. The lowest BCUT2D eigenvalue weighted by molar-refractivity contribution is 0.314. The number of nitrogens with one attached hydrogen (secondary N) is 1. The topological polar surface area (TPSA) is 34.2 Å². The van der Waals surface area contributed by atoms with Crippen LogP contribution in [0.15, 0.2) is 18.5 Å². The predicted molar refractivity (Wildman–Crippen MR) is 83.0 cm³/mol. The predicted octanol–water partition coefficient (Wildman–Crippen LogP) is 4.10. The maximum absolute atomic E-state index is 5.29. The second-order valence-electron chi connectivity index (χ2n) is 5.85. The maximum Gasteiger partial charge on any atom is 0.137 e. The van der Waals surface area contributed by atoms with Crippen molar-refractivity contribution in [3.8, 4) is 5.75 Å². The van der Waals surface area contributed by atoms with Crippen molar-refractivity contribution in [2.24, 2.45) is 5.92 Å². The summed E-state index contributed by atoms with van der Waals surface area (Å²) < 4.78 is 5.29. The third kappa shape index (κ3) is 4.48. The first-order valence-electron chi connectivity index (χ1n) is 8.05. The standard InChI is InChI=1S/C17H28N2O/c1-3-19-17(10-9-14-7-5-4-6-8-14)15-11-16(20-2)13-18-12-15/h11-14,17,19H,3-10H2,1-2H3. The van der Waals surface area contributed by atoms with Gasteiger partial charge >= 0.3 is 0 Å². The number of aromatic nitrogens is 1. The SMILES string of the molecule is CCNC(CCC1CCCCC1)c1cncc(OC)c1. The molecule has 1 heterocycles. The zero-order valence-electron chi connectivity index (χ0n) is 12.9. The number of hydrogen-bond donors (Lipinski definition) is 1. The highest BCUT2D eigenvalue weighted by Gasteiger charge is 2.17. The lowest BCUT2D eigenvalue weighted by atomic mass is 9.84. The van der Waals surface area contributed by atoms with Gasteiger partial charge in [-0.1, -0.05) is 39.0 Å². The highest BCUT2D eigenvalue weighted by atomic mass is 16.5. The molecule has 1 atom stereocenters. The van der Waals surface area contributed by atoms with E-state index in [0.29, 0.717) is 6.04 Å². The van der Waals surface area contributed by atoms with Gasteiger partial charge < -0.3 is 10.1 Å². The highest BCUT2D eigenvalue weighted by Crippen LogP contribution is 2.30. The zero-order chi connectivity index (χ0) is 14.2. The molecular formula is C17H28N2O. The fourth-order valence-electron chi connectivity index (χ4n) is 3.25. The molecule has 1 unspecified atom stereocenters. The molecule has 0 saturated heterocycles. The van der Waals surface area contributed by atoms with Crippen molar-refractivity contribution < 1.29 is 4.74 Å². The first-order chi connectivity index (χ1) is 9.83. The third-order valence-corrected chi connectivity index (χ3v) is 4.41. The molecule has 1 fully saturated rings. The maximum atomic E-state index is 5.29. The molecule has 0 amide bonds. The van der Waals surface area contributed by atoms with Gasteiger partial charge in [0.1, 0.15) is 5.75 Å². The minimum atomic E-state index is 0.407. The van der Waals surface area contributed by atoms with Crippen LogP contribution in [0, 0.1) is 5.92 Å². The van der Waals surface area contributed by atoms with E-state index < -0.39 is 0 Å². The molecule has 0 radical (unpaired) electrons. The van der Waals surface area contributed by atoms with E-state index in [-0.39, 0.29) is 0 Å². The van der Waals surface area contributed by atoms with Crippen LogP contribution in [0.3, 0.4) is 0 Å². The van der Waals surface area contributed by atoms with Gasteiger partial charge in [0.15, 0.2) is 0 Å². The molecule has 1 aliphatic carbocycles. The van der Waals surface area contributed by atoms with E-state index in [2.05, 4.69) is 23.3 Å². The first kappa shape index (κ1) is 15.3. The van der Waals surface area contributed by atoms with E-state index in [9.17, 15) is 0 Å². The molecule has 0 spiro atoms. The van der Waals surface area contributed by atoms with Gasteiger partial charge in [0.25, 0.3) is 0 Å². The van der Waals surface area contributed by atoms with Gasteiger partial charge in [-0.25, -0.2) is 0 Å². The van der Waals surface area contributed by atoms with E-state index in [0.717, 1.165) is 18.2 Å². The van der Waals surface area contributed by atoms with Crippen LogP contribution in [0.2, 0.25) is 0 Å². The molecule has 20 heavy (non-hydrogen) atoms. The Morgan fingerprint density at radius 3 is 2.80 bits per heavy atom. The minimum absolute atomic E-state index is 0.407. The van der Waals surface area contributed by atoms with Crippen molar-refractivity contribution in [3.05, 3.63) is 24.0 Å².